The first-order valence-corrected chi connectivity index (χ1v) is 10.4. The molecule has 146 valence electrons. The second-order valence-corrected chi connectivity index (χ2v) is 9.36. The van der Waals surface area contributed by atoms with E-state index < -0.39 is 5.41 Å². The minimum absolute atomic E-state index is 0.0333. The summed E-state index contributed by atoms with van der Waals surface area (Å²) in [7, 11) is 0. The van der Waals surface area contributed by atoms with Crippen molar-refractivity contribution >= 4 is 11.6 Å². The van der Waals surface area contributed by atoms with Crippen LogP contribution in [0.4, 0.5) is 5.82 Å². The minimum Gasteiger partial charge on any atom is -0.343 e. The Hall–Kier alpha value is -2.42. The predicted molar refractivity (Wildman–Crippen MR) is 115 cm³/mol. The van der Waals surface area contributed by atoms with Gasteiger partial charge in [0.2, 0.25) is 0 Å². The van der Waals surface area contributed by atoms with Crippen molar-refractivity contribution in [1.82, 2.24) is 4.98 Å². The number of nitrogens with one attached hydrogen (secondary N) is 1. The minimum atomic E-state index is -0.442. The zero-order chi connectivity index (χ0) is 20.1. The van der Waals surface area contributed by atoms with Crippen LogP contribution in [-0.2, 0) is 10.2 Å². The van der Waals surface area contributed by atoms with Crippen LogP contribution in [0.15, 0.2) is 53.9 Å². The van der Waals surface area contributed by atoms with Crippen LogP contribution in [-0.4, -0.2) is 10.8 Å². The largest absolute Gasteiger partial charge is 0.343 e. The van der Waals surface area contributed by atoms with Crippen LogP contribution in [0.2, 0.25) is 0 Å². The number of rotatable bonds is 3. The molecular formula is C25H30N2O. The zero-order valence-corrected chi connectivity index (χ0v) is 17.6. The van der Waals surface area contributed by atoms with Gasteiger partial charge in [0.1, 0.15) is 5.82 Å². The number of anilines is 1. The summed E-state index contributed by atoms with van der Waals surface area (Å²) in [6.07, 6.45) is 4.13. The lowest BCUT2D eigenvalue weighted by molar-refractivity contribution is -0.118. The summed E-state index contributed by atoms with van der Waals surface area (Å²) in [5.74, 6) is 1.60. The van der Waals surface area contributed by atoms with E-state index >= 15 is 0 Å². The van der Waals surface area contributed by atoms with Crippen molar-refractivity contribution in [2.24, 2.45) is 5.41 Å². The Bertz CT molecular complexity index is 970. The third-order valence-corrected chi connectivity index (χ3v) is 6.42. The number of carbonyl (C=O) groups is 1. The van der Waals surface area contributed by atoms with Crippen molar-refractivity contribution in [3.8, 4) is 0 Å². The lowest BCUT2D eigenvalue weighted by atomic mass is 9.59. The van der Waals surface area contributed by atoms with Crippen LogP contribution in [0.1, 0.15) is 76.5 Å². The monoisotopic (exact) mass is 374 g/mol. The molecule has 3 nitrogen and oxygen atoms in total. The van der Waals surface area contributed by atoms with E-state index in [-0.39, 0.29) is 11.2 Å². The Morgan fingerprint density at radius 3 is 2.64 bits per heavy atom. The Balaban J connectivity index is 2.04. The molecule has 2 heterocycles. The van der Waals surface area contributed by atoms with Crippen molar-refractivity contribution in [3.63, 3.8) is 0 Å². The molecule has 0 unspecified atom stereocenters. The van der Waals surface area contributed by atoms with Crippen LogP contribution in [0.3, 0.4) is 0 Å². The van der Waals surface area contributed by atoms with Gasteiger partial charge in [-0.05, 0) is 41.4 Å². The molecule has 0 saturated heterocycles. The number of aromatic nitrogens is 1. The molecular weight excluding hydrogens is 344 g/mol. The quantitative estimate of drug-likeness (QED) is 0.719. The van der Waals surface area contributed by atoms with E-state index in [1.807, 2.05) is 12.3 Å². The Morgan fingerprint density at radius 2 is 1.93 bits per heavy atom. The van der Waals surface area contributed by atoms with Gasteiger partial charge in [-0.3, -0.25) is 4.79 Å². The first kappa shape index (κ1) is 18.9. The fourth-order valence-electron chi connectivity index (χ4n) is 5.08. The highest BCUT2D eigenvalue weighted by Crippen LogP contribution is 2.53. The molecule has 28 heavy (non-hydrogen) atoms. The Labute approximate surface area is 168 Å². The van der Waals surface area contributed by atoms with E-state index in [0.717, 1.165) is 35.5 Å². The molecule has 0 saturated carbocycles. The van der Waals surface area contributed by atoms with Crippen LogP contribution in [0.25, 0.3) is 0 Å². The number of benzene rings is 1. The SMILES string of the molecule is CC[C@]1(c2cccc(C(C)C)c2)C2=C(CC(C)(C)CC2=O)Nc2ncccc21. The van der Waals surface area contributed by atoms with Gasteiger partial charge < -0.3 is 5.32 Å². The number of Topliss-reactive ketones (excluding diaryl/α,β-unsaturated/α-hetero) is 1. The lowest BCUT2D eigenvalue weighted by Crippen LogP contribution is -2.43. The molecule has 0 radical (unpaired) electrons. The molecule has 0 spiro atoms. The molecule has 4 rings (SSSR count). The van der Waals surface area contributed by atoms with Crippen molar-refractivity contribution in [3.05, 3.63) is 70.6 Å². The van der Waals surface area contributed by atoms with Crippen LogP contribution < -0.4 is 5.32 Å². The number of hydrogen-bond acceptors (Lipinski definition) is 3. The van der Waals surface area contributed by atoms with Gasteiger partial charge in [0.05, 0.1) is 5.41 Å². The molecule has 1 N–H and O–H groups in total. The third kappa shape index (κ3) is 2.80. The molecule has 2 aliphatic rings. The summed E-state index contributed by atoms with van der Waals surface area (Å²) in [6, 6.07) is 12.9. The smallest absolute Gasteiger partial charge is 0.162 e. The molecule has 1 aliphatic carbocycles. The highest BCUT2D eigenvalue weighted by atomic mass is 16.1. The van der Waals surface area contributed by atoms with Gasteiger partial charge in [0.15, 0.2) is 5.78 Å². The van der Waals surface area contributed by atoms with Crippen LogP contribution >= 0.6 is 0 Å². The number of pyridine rings is 1. The third-order valence-electron chi connectivity index (χ3n) is 6.42. The van der Waals surface area contributed by atoms with Crippen LogP contribution in [0.5, 0.6) is 0 Å². The first-order chi connectivity index (χ1) is 13.3. The molecule has 0 fully saturated rings. The summed E-state index contributed by atoms with van der Waals surface area (Å²) in [5.41, 5.74) is 5.17. The maximum Gasteiger partial charge on any atom is 0.162 e. The Kier molecular flexibility index (Phi) is 4.45. The van der Waals surface area contributed by atoms with Crippen LogP contribution in [0, 0.1) is 5.41 Å². The van der Waals surface area contributed by atoms with E-state index in [9.17, 15) is 4.79 Å². The van der Waals surface area contributed by atoms with Gasteiger partial charge in [-0.15, -0.1) is 0 Å². The highest BCUT2D eigenvalue weighted by molar-refractivity contribution is 6.02. The standard InChI is InChI=1S/C25H30N2O/c1-6-25(18-10-7-9-17(13-18)16(2)3)19-11-8-12-26-23(19)27-20-14-24(4,5)15-21(28)22(20)25/h7-13,16H,6,14-15H2,1-5H3,(H,26,27)/t25-/m1/s1. The van der Waals surface area contributed by atoms with Crippen molar-refractivity contribution in [1.29, 1.82) is 0 Å². The predicted octanol–water partition coefficient (Wildman–Crippen LogP) is 5.97. The van der Waals surface area contributed by atoms with E-state index in [1.165, 1.54) is 11.1 Å². The van der Waals surface area contributed by atoms with Gasteiger partial charge in [0, 0.05) is 29.5 Å². The second kappa shape index (κ2) is 6.58. The topological polar surface area (TPSA) is 42.0 Å². The van der Waals surface area contributed by atoms with Gasteiger partial charge >= 0.3 is 0 Å². The maximum absolute atomic E-state index is 13.5. The van der Waals surface area contributed by atoms with Gasteiger partial charge in [-0.1, -0.05) is 65.0 Å². The van der Waals surface area contributed by atoms with E-state index in [1.54, 1.807) is 0 Å². The maximum atomic E-state index is 13.5. The van der Waals surface area contributed by atoms with Crippen molar-refractivity contribution in [2.45, 2.75) is 65.2 Å². The summed E-state index contributed by atoms with van der Waals surface area (Å²) in [6.45, 7) is 11.0. The molecule has 3 heteroatoms. The number of fused-ring (bicyclic) bond motifs is 1. The summed E-state index contributed by atoms with van der Waals surface area (Å²) < 4.78 is 0. The average Bonchev–Trinajstić information content (AvgIpc) is 2.65. The fraction of sp³-hybridized carbons (Fsp3) is 0.440. The highest BCUT2D eigenvalue weighted by Gasteiger charge is 2.49. The number of carbonyl (C=O) groups excluding carboxylic acids is 1. The number of hydrogen-bond donors (Lipinski definition) is 1. The molecule has 1 aromatic carbocycles. The lowest BCUT2D eigenvalue weighted by Gasteiger charge is -2.46. The molecule has 1 atom stereocenters. The second-order valence-electron chi connectivity index (χ2n) is 9.36. The van der Waals surface area contributed by atoms with Gasteiger partial charge in [-0.2, -0.15) is 0 Å². The number of ketones is 1. The Morgan fingerprint density at radius 1 is 1.14 bits per heavy atom. The summed E-state index contributed by atoms with van der Waals surface area (Å²) in [4.78, 5) is 18.2. The molecule has 0 bridgehead atoms. The molecule has 1 aliphatic heterocycles. The van der Waals surface area contributed by atoms with E-state index in [0.29, 0.717) is 12.3 Å². The fourth-order valence-corrected chi connectivity index (χ4v) is 5.08. The molecule has 0 amide bonds. The zero-order valence-electron chi connectivity index (χ0n) is 17.6. The summed E-state index contributed by atoms with van der Waals surface area (Å²) in [5, 5.41) is 3.53. The van der Waals surface area contributed by atoms with E-state index in [4.69, 9.17) is 0 Å². The van der Waals surface area contributed by atoms with Gasteiger partial charge in [-0.25, -0.2) is 4.98 Å². The average molecular weight is 375 g/mol. The van der Waals surface area contributed by atoms with Crippen molar-refractivity contribution < 1.29 is 4.79 Å². The van der Waals surface area contributed by atoms with Crippen molar-refractivity contribution in [2.75, 3.05) is 5.32 Å². The number of nitrogens with zero attached hydrogens (tertiary/aromatic N) is 1. The van der Waals surface area contributed by atoms with Gasteiger partial charge in [0.25, 0.3) is 0 Å². The molecule has 1 aromatic heterocycles. The normalized spacial score (nSPS) is 23.3. The first-order valence-electron chi connectivity index (χ1n) is 10.4. The number of allylic oxidation sites excluding steroid dienone is 2. The molecule has 2 aromatic rings. The summed E-state index contributed by atoms with van der Waals surface area (Å²) >= 11 is 0. The van der Waals surface area contributed by atoms with E-state index in [2.05, 4.69) is 75.3 Å².